The van der Waals surface area contributed by atoms with Crippen LogP contribution in [-0.2, 0) is 14.3 Å². The van der Waals surface area contributed by atoms with Crippen molar-refractivity contribution in [1.82, 2.24) is 0 Å². The minimum Gasteiger partial charge on any atom is -0.544 e. The van der Waals surface area contributed by atoms with Crippen molar-refractivity contribution < 1.29 is 29.6 Å². The molecule has 0 saturated carbocycles. The van der Waals surface area contributed by atoms with E-state index in [-0.39, 0.29) is 12.3 Å². The number of carbonyl (C=O) groups is 2. The van der Waals surface area contributed by atoms with Gasteiger partial charge in [-0.15, -0.1) is 0 Å². The number of quaternary nitrogens is 2. The van der Waals surface area contributed by atoms with Crippen LogP contribution in [0.3, 0.4) is 0 Å². The largest absolute Gasteiger partial charge is 0.544 e. The number of aliphatic carboxylic acids is 1. The van der Waals surface area contributed by atoms with Crippen LogP contribution in [0.5, 0.6) is 0 Å². The van der Waals surface area contributed by atoms with E-state index in [1.54, 1.807) is 29.6 Å². The second-order valence-electron chi connectivity index (χ2n) is 5.82. The van der Waals surface area contributed by atoms with Crippen molar-refractivity contribution in [3.8, 4) is 0 Å². The molecule has 1 saturated heterocycles. The molecular weight excluding hydrogens is 334 g/mol. The summed E-state index contributed by atoms with van der Waals surface area (Å²) >= 11 is 5.78. The van der Waals surface area contributed by atoms with E-state index in [2.05, 4.69) is 5.32 Å². The SMILES string of the molecule is O=C(C[C@H]([NH2+]CC[NH+]1CCOCC1)C(=O)[O-])Nc1ccc(Cl)cc1. The van der Waals surface area contributed by atoms with Crippen LogP contribution in [-0.4, -0.2) is 57.3 Å². The van der Waals surface area contributed by atoms with E-state index in [1.807, 2.05) is 0 Å². The molecule has 1 aliphatic rings. The van der Waals surface area contributed by atoms with Gasteiger partial charge in [0.2, 0.25) is 5.91 Å². The zero-order chi connectivity index (χ0) is 17.4. The summed E-state index contributed by atoms with van der Waals surface area (Å²) in [5.74, 6) is -1.58. The standard InChI is InChI=1S/C16H22ClN3O4/c17-12-1-3-13(4-2-12)19-15(21)11-14(16(22)23)18-5-6-20-7-9-24-10-8-20/h1-4,14,18H,5-11H2,(H,19,21)(H,22,23)/p+1/t14-/m0/s1. The molecule has 1 heterocycles. The molecular formula is C16H23ClN3O4+. The number of benzene rings is 1. The lowest BCUT2D eigenvalue weighted by atomic mass is 10.2. The van der Waals surface area contributed by atoms with E-state index in [0.717, 1.165) is 32.8 Å². The first-order valence-corrected chi connectivity index (χ1v) is 8.43. The number of morpholine rings is 1. The van der Waals surface area contributed by atoms with Crippen LogP contribution in [0.15, 0.2) is 24.3 Å². The molecule has 2 rings (SSSR count). The van der Waals surface area contributed by atoms with Crippen molar-refractivity contribution in [3.05, 3.63) is 29.3 Å². The van der Waals surface area contributed by atoms with Crippen LogP contribution in [0.1, 0.15) is 6.42 Å². The molecule has 132 valence electrons. The molecule has 0 aromatic heterocycles. The molecule has 0 unspecified atom stereocenters. The van der Waals surface area contributed by atoms with Crippen LogP contribution in [0.2, 0.25) is 5.02 Å². The Balaban J connectivity index is 1.76. The Bertz CT molecular complexity index is 547. The molecule has 1 aromatic rings. The first-order chi connectivity index (χ1) is 11.5. The molecule has 4 N–H and O–H groups in total. The van der Waals surface area contributed by atoms with Gasteiger partial charge in [-0.2, -0.15) is 0 Å². The Hall–Kier alpha value is -1.67. The maximum atomic E-state index is 12.0. The summed E-state index contributed by atoms with van der Waals surface area (Å²) in [6.07, 6.45) is -0.136. The van der Waals surface area contributed by atoms with Gasteiger partial charge in [0, 0.05) is 10.7 Å². The molecule has 0 aliphatic carbocycles. The number of halogens is 1. The van der Waals surface area contributed by atoms with Crippen LogP contribution >= 0.6 is 11.6 Å². The van der Waals surface area contributed by atoms with Gasteiger partial charge >= 0.3 is 0 Å². The van der Waals surface area contributed by atoms with Crippen molar-refractivity contribution in [2.45, 2.75) is 12.5 Å². The maximum Gasteiger partial charge on any atom is 0.230 e. The average molecular weight is 357 g/mol. The van der Waals surface area contributed by atoms with E-state index in [0.29, 0.717) is 17.3 Å². The Kier molecular flexibility index (Phi) is 7.45. The number of carboxylic acids is 1. The number of ether oxygens (including phenoxy) is 1. The van der Waals surface area contributed by atoms with Crippen LogP contribution in [0, 0.1) is 0 Å². The lowest BCUT2D eigenvalue weighted by molar-refractivity contribution is -0.920. The first-order valence-electron chi connectivity index (χ1n) is 8.05. The molecule has 0 radical (unpaired) electrons. The summed E-state index contributed by atoms with van der Waals surface area (Å²) in [7, 11) is 0. The highest BCUT2D eigenvalue weighted by Crippen LogP contribution is 2.13. The Morgan fingerprint density at radius 3 is 2.58 bits per heavy atom. The number of amides is 1. The number of rotatable bonds is 8. The monoisotopic (exact) mass is 356 g/mol. The maximum absolute atomic E-state index is 12.0. The third-order valence-corrected chi connectivity index (χ3v) is 4.24. The average Bonchev–Trinajstić information content (AvgIpc) is 2.57. The molecule has 0 bridgehead atoms. The van der Waals surface area contributed by atoms with Gasteiger partial charge in [-0.25, -0.2) is 0 Å². The highest BCUT2D eigenvalue weighted by molar-refractivity contribution is 6.30. The fraction of sp³-hybridized carbons (Fsp3) is 0.500. The summed E-state index contributed by atoms with van der Waals surface area (Å²) in [5.41, 5.74) is 0.583. The number of nitrogens with one attached hydrogen (secondary N) is 2. The van der Waals surface area contributed by atoms with Crippen LogP contribution < -0.4 is 20.6 Å². The molecule has 1 aromatic carbocycles. The van der Waals surface area contributed by atoms with Gasteiger partial charge in [0.05, 0.1) is 25.6 Å². The second-order valence-corrected chi connectivity index (χ2v) is 6.26. The van der Waals surface area contributed by atoms with E-state index in [9.17, 15) is 14.7 Å². The summed E-state index contributed by atoms with van der Waals surface area (Å²) in [4.78, 5) is 24.6. The van der Waals surface area contributed by atoms with Crippen molar-refractivity contribution in [2.24, 2.45) is 0 Å². The van der Waals surface area contributed by atoms with Crippen molar-refractivity contribution in [3.63, 3.8) is 0 Å². The van der Waals surface area contributed by atoms with Gasteiger partial charge in [0.15, 0.2) is 0 Å². The zero-order valence-electron chi connectivity index (χ0n) is 13.4. The third-order valence-electron chi connectivity index (χ3n) is 3.99. The molecule has 0 spiro atoms. The summed E-state index contributed by atoms with van der Waals surface area (Å²) < 4.78 is 5.29. The summed E-state index contributed by atoms with van der Waals surface area (Å²) in [6, 6.07) is 5.76. The topological polar surface area (TPSA) is 99.5 Å². The fourth-order valence-corrected chi connectivity index (χ4v) is 2.73. The van der Waals surface area contributed by atoms with Crippen molar-refractivity contribution >= 4 is 29.2 Å². The van der Waals surface area contributed by atoms with Crippen LogP contribution in [0.4, 0.5) is 5.69 Å². The van der Waals surface area contributed by atoms with Gasteiger partial charge in [0.25, 0.3) is 0 Å². The lowest BCUT2D eigenvalue weighted by Crippen LogP contribution is -3.17. The second kappa shape index (κ2) is 9.58. The Morgan fingerprint density at radius 1 is 1.29 bits per heavy atom. The Labute approximate surface area is 145 Å². The highest BCUT2D eigenvalue weighted by atomic mass is 35.5. The summed E-state index contributed by atoms with van der Waals surface area (Å²) in [5, 5.41) is 16.1. The van der Waals surface area contributed by atoms with Crippen LogP contribution in [0.25, 0.3) is 0 Å². The molecule has 1 fully saturated rings. The van der Waals surface area contributed by atoms with E-state index in [1.165, 1.54) is 4.90 Å². The molecule has 24 heavy (non-hydrogen) atoms. The van der Waals surface area contributed by atoms with Crippen molar-refractivity contribution in [1.29, 1.82) is 0 Å². The predicted octanol–water partition coefficient (Wildman–Crippen LogP) is -2.73. The van der Waals surface area contributed by atoms with Gasteiger partial charge in [-0.3, -0.25) is 4.79 Å². The highest BCUT2D eigenvalue weighted by Gasteiger charge is 2.20. The molecule has 8 heteroatoms. The predicted molar refractivity (Wildman–Crippen MR) is 86.7 cm³/mol. The lowest BCUT2D eigenvalue weighted by Gasteiger charge is -2.24. The van der Waals surface area contributed by atoms with Crippen molar-refractivity contribution in [2.75, 3.05) is 44.7 Å². The molecule has 7 nitrogen and oxygen atoms in total. The Morgan fingerprint density at radius 2 is 1.96 bits per heavy atom. The normalized spacial score (nSPS) is 16.5. The molecule has 1 aliphatic heterocycles. The minimum absolute atomic E-state index is 0.136. The number of anilines is 1. The smallest absolute Gasteiger partial charge is 0.230 e. The first kappa shape index (κ1) is 18.7. The van der Waals surface area contributed by atoms with E-state index in [4.69, 9.17) is 16.3 Å². The zero-order valence-corrected chi connectivity index (χ0v) is 14.2. The van der Waals surface area contributed by atoms with Gasteiger partial charge in [0.1, 0.15) is 32.2 Å². The van der Waals surface area contributed by atoms with Gasteiger partial charge in [-0.05, 0) is 24.3 Å². The number of hydrogen-bond donors (Lipinski definition) is 3. The number of nitrogens with two attached hydrogens (primary N) is 1. The summed E-state index contributed by atoms with van der Waals surface area (Å²) in [6.45, 7) is 4.81. The fourth-order valence-electron chi connectivity index (χ4n) is 2.61. The molecule has 1 amide bonds. The molecule has 1 atom stereocenters. The minimum atomic E-state index is -1.22. The van der Waals surface area contributed by atoms with Gasteiger partial charge < -0.3 is 30.2 Å². The quantitative estimate of drug-likeness (QED) is 0.471. The number of hydrogen-bond acceptors (Lipinski definition) is 4. The number of carboxylic acid groups (broad SMARTS) is 1. The van der Waals surface area contributed by atoms with E-state index >= 15 is 0 Å². The third kappa shape index (κ3) is 6.45. The van der Waals surface area contributed by atoms with Gasteiger partial charge in [-0.1, -0.05) is 11.6 Å². The van der Waals surface area contributed by atoms with E-state index < -0.39 is 12.0 Å². The number of carbonyl (C=O) groups excluding carboxylic acids is 2.